The van der Waals surface area contributed by atoms with E-state index in [1.54, 1.807) is 23.6 Å². The minimum atomic E-state index is -0.310. The van der Waals surface area contributed by atoms with Gasteiger partial charge in [0, 0.05) is 0 Å². The van der Waals surface area contributed by atoms with Crippen molar-refractivity contribution in [3.63, 3.8) is 0 Å². The zero-order valence-electron chi connectivity index (χ0n) is 13.9. The van der Waals surface area contributed by atoms with Crippen LogP contribution < -0.4 is 5.56 Å². The lowest BCUT2D eigenvalue weighted by Crippen LogP contribution is -2.26. The number of aromatic nitrogens is 2. The predicted octanol–water partition coefficient (Wildman–Crippen LogP) is 4.29. The Hall–Kier alpha value is -2.27. The highest BCUT2D eigenvalue weighted by Gasteiger charge is 2.13. The highest BCUT2D eigenvalue weighted by atomic mass is 79.9. The molecule has 0 aliphatic rings. The van der Waals surface area contributed by atoms with Gasteiger partial charge in [0.05, 0.1) is 12.2 Å². The molecule has 0 bridgehead atoms. The van der Waals surface area contributed by atoms with Gasteiger partial charge in [-0.3, -0.25) is 9.36 Å². The van der Waals surface area contributed by atoms with Crippen molar-refractivity contribution in [3.05, 3.63) is 97.9 Å². The van der Waals surface area contributed by atoms with E-state index in [4.69, 9.17) is 0 Å². The molecule has 3 aromatic rings. The highest BCUT2D eigenvalue weighted by Crippen LogP contribution is 2.15. The van der Waals surface area contributed by atoms with Crippen LogP contribution in [-0.4, -0.2) is 9.55 Å². The van der Waals surface area contributed by atoms with Crippen molar-refractivity contribution in [3.8, 4) is 0 Å². The van der Waals surface area contributed by atoms with E-state index in [1.165, 1.54) is 17.7 Å². The lowest BCUT2D eigenvalue weighted by atomic mass is 10.1. The van der Waals surface area contributed by atoms with E-state index in [1.807, 2.05) is 18.2 Å². The lowest BCUT2D eigenvalue weighted by Gasteiger charge is -2.13. The summed E-state index contributed by atoms with van der Waals surface area (Å²) in [7, 11) is 0. The van der Waals surface area contributed by atoms with E-state index >= 15 is 0 Å². The van der Waals surface area contributed by atoms with Gasteiger partial charge in [0.1, 0.15) is 16.1 Å². The summed E-state index contributed by atoms with van der Waals surface area (Å²) in [5.41, 5.74) is 2.55. The Kier molecular flexibility index (Phi) is 5.43. The maximum absolute atomic E-state index is 13.4. The van der Waals surface area contributed by atoms with Crippen molar-refractivity contribution in [1.29, 1.82) is 0 Å². The smallest absolute Gasteiger partial charge is 0.268 e. The summed E-state index contributed by atoms with van der Waals surface area (Å²) in [6, 6.07) is 16.4. The molecule has 0 saturated heterocycles. The van der Waals surface area contributed by atoms with E-state index in [-0.39, 0.29) is 11.4 Å². The van der Waals surface area contributed by atoms with Gasteiger partial charge in [0.25, 0.3) is 5.56 Å². The van der Waals surface area contributed by atoms with E-state index in [2.05, 4.69) is 33.0 Å². The van der Waals surface area contributed by atoms with Crippen molar-refractivity contribution in [2.75, 3.05) is 0 Å². The summed E-state index contributed by atoms with van der Waals surface area (Å²) < 4.78 is 15.4. The summed E-state index contributed by atoms with van der Waals surface area (Å²) in [6.45, 7) is 2.10. The molecule has 0 aliphatic carbocycles. The van der Waals surface area contributed by atoms with Crippen molar-refractivity contribution in [1.82, 2.24) is 9.55 Å². The molecule has 5 heteroatoms. The van der Waals surface area contributed by atoms with E-state index in [0.717, 1.165) is 17.7 Å². The van der Waals surface area contributed by atoms with Gasteiger partial charge < -0.3 is 0 Å². The second-order valence-electron chi connectivity index (χ2n) is 5.93. The Morgan fingerprint density at radius 3 is 2.48 bits per heavy atom. The lowest BCUT2D eigenvalue weighted by molar-refractivity contribution is 0.619. The SMILES string of the molecule is Cc1nc(CCc2ccccc2)c(Br)c(=O)n1Cc1cccc(F)c1. The fraction of sp³-hybridized carbons (Fsp3) is 0.200. The second-order valence-corrected chi connectivity index (χ2v) is 6.72. The van der Waals surface area contributed by atoms with Crippen LogP contribution in [0.15, 0.2) is 63.9 Å². The molecule has 0 spiro atoms. The molecule has 0 saturated carbocycles. The third kappa shape index (κ3) is 4.23. The number of nitrogens with zero attached hydrogens (tertiary/aromatic N) is 2. The molecule has 128 valence electrons. The molecular formula is C20H18BrFN2O. The number of aryl methyl sites for hydroxylation is 3. The van der Waals surface area contributed by atoms with Gasteiger partial charge in [-0.2, -0.15) is 0 Å². The molecule has 0 aliphatic heterocycles. The van der Waals surface area contributed by atoms with E-state index in [0.29, 0.717) is 23.3 Å². The number of benzene rings is 2. The zero-order chi connectivity index (χ0) is 17.8. The summed E-state index contributed by atoms with van der Waals surface area (Å²) in [4.78, 5) is 17.3. The van der Waals surface area contributed by atoms with Crippen molar-refractivity contribution in [2.24, 2.45) is 0 Å². The van der Waals surface area contributed by atoms with Crippen LogP contribution in [0.2, 0.25) is 0 Å². The average Bonchev–Trinajstić information content (AvgIpc) is 2.61. The Bertz CT molecular complexity index is 938. The molecule has 0 radical (unpaired) electrons. The second kappa shape index (κ2) is 7.74. The molecule has 2 aromatic carbocycles. The molecular weight excluding hydrogens is 383 g/mol. The fourth-order valence-electron chi connectivity index (χ4n) is 2.77. The molecule has 0 N–H and O–H groups in total. The van der Waals surface area contributed by atoms with Gasteiger partial charge in [-0.1, -0.05) is 42.5 Å². The predicted molar refractivity (Wildman–Crippen MR) is 100 cm³/mol. The normalized spacial score (nSPS) is 10.8. The first-order valence-corrected chi connectivity index (χ1v) is 8.88. The molecule has 1 aromatic heterocycles. The third-order valence-corrected chi connectivity index (χ3v) is 4.89. The van der Waals surface area contributed by atoms with Gasteiger partial charge in [0.15, 0.2) is 0 Å². The van der Waals surface area contributed by atoms with Crippen molar-refractivity contribution in [2.45, 2.75) is 26.3 Å². The Morgan fingerprint density at radius 2 is 1.76 bits per heavy atom. The first-order valence-electron chi connectivity index (χ1n) is 8.09. The number of rotatable bonds is 5. The van der Waals surface area contributed by atoms with Crippen LogP contribution >= 0.6 is 15.9 Å². The van der Waals surface area contributed by atoms with Crippen LogP contribution in [0.25, 0.3) is 0 Å². The molecule has 1 heterocycles. The fourth-order valence-corrected chi connectivity index (χ4v) is 3.27. The van der Waals surface area contributed by atoms with Crippen LogP contribution in [-0.2, 0) is 19.4 Å². The first-order chi connectivity index (χ1) is 12.0. The first kappa shape index (κ1) is 17.5. The van der Waals surface area contributed by atoms with Crippen molar-refractivity contribution < 1.29 is 4.39 Å². The minimum absolute atomic E-state index is 0.139. The minimum Gasteiger partial charge on any atom is -0.291 e. The largest absolute Gasteiger partial charge is 0.291 e. The average molecular weight is 401 g/mol. The number of hydrogen-bond acceptors (Lipinski definition) is 2. The Balaban J connectivity index is 1.85. The van der Waals surface area contributed by atoms with Gasteiger partial charge >= 0.3 is 0 Å². The van der Waals surface area contributed by atoms with Crippen LogP contribution in [0.3, 0.4) is 0 Å². The zero-order valence-corrected chi connectivity index (χ0v) is 15.5. The van der Waals surface area contributed by atoms with Gasteiger partial charge in [-0.25, -0.2) is 9.37 Å². The third-order valence-electron chi connectivity index (χ3n) is 4.10. The van der Waals surface area contributed by atoms with Crippen LogP contribution in [0.4, 0.5) is 4.39 Å². The topological polar surface area (TPSA) is 34.9 Å². The standard InChI is InChI=1S/C20H18BrFN2O/c1-14-23-18(11-10-15-6-3-2-4-7-15)19(21)20(25)24(14)13-16-8-5-9-17(22)12-16/h2-9,12H,10-11,13H2,1H3. The monoisotopic (exact) mass is 400 g/mol. The summed E-state index contributed by atoms with van der Waals surface area (Å²) >= 11 is 3.40. The van der Waals surface area contributed by atoms with Crippen LogP contribution in [0, 0.1) is 12.7 Å². The van der Waals surface area contributed by atoms with Crippen LogP contribution in [0.5, 0.6) is 0 Å². The van der Waals surface area contributed by atoms with Gasteiger partial charge in [-0.15, -0.1) is 0 Å². The molecule has 0 atom stereocenters. The van der Waals surface area contributed by atoms with E-state index in [9.17, 15) is 9.18 Å². The molecule has 0 unspecified atom stereocenters. The van der Waals surface area contributed by atoms with Gasteiger partial charge in [-0.05, 0) is 59.0 Å². The Labute approximate surface area is 154 Å². The molecule has 3 nitrogen and oxygen atoms in total. The quantitative estimate of drug-likeness (QED) is 0.640. The van der Waals surface area contributed by atoms with Crippen molar-refractivity contribution >= 4 is 15.9 Å². The molecule has 0 fully saturated rings. The summed E-state index contributed by atoms with van der Waals surface area (Å²) in [5.74, 6) is 0.315. The molecule has 0 amide bonds. The van der Waals surface area contributed by atoms with Gasteiger partial charge in [0.2, 0.25) is 0 Å². The van der Waals surface area contributed by atoms with Crippen LogP contribution in [0.1, 0.15) is 22.6 Å². The summed E-state index contributed by atoms with van der Waals surface area (Å²) in [6.07, 6.45) is 1.50. The maximum Gasteiger partial charge on any atom is 0.268 e. The van der Waals surface area contributed by atoms with E-state index < -0.39 is 0 Å². The Morgan fingerprint density at radius 1 is 1.04 bits per heavy atom. The molecule has 3 rings (SSSR count). The highest BCUT2D eigenvalue weighted by molar-refractivity contribution is 9.10. The number of halogens is 2. The number of hydrogen-bond donors (Lipinski definition) is 0. The summed E-state index contributed by atoms with van der Waals surface area (Å²) in [5, 5.41) is 0. The maximum atomic E-state index is 13.4. The molecule has 25 heavy (non-hydrogen) atoms.